The van der Waals surface area contributed by atoms with Gasteiger partial charge in [0.15, 0.2) is 20.5 Å². The van der Waals surface area contributed by atoms with E-state index in [2.05, 4.69) is 20.3 Å². The van der Waals surface area contributed by atoms with E-state index in [1.165, 1.54) is 30.7 Å². The van der Waals surface area contributed by atoms with E-state index in [0.717, 1.165) is 0 Å². The van der Waals surface area contributed by atoms with Crippen LogP contribution in [-0.4, -0.2) is 58.6 Å². The maximum atomic E-state index is 13.5. The van der Waals surface area contributed by atoms with Crippen LogP contribution < -0.4 is 10.1 Å². The minimum absolute atomic E-state index is 0.0538. The van der Waals surface area contributed by atoms with Gasteiger partial charge in [-0.1, -0.05) is 29.8 Å². The van der Waals surface area contributed by atoms with Crippen LogP contribution in [0.15, 0.2) is 103 Å². The summed E-state index contributed by atoms with van der Waals surface area (Å²) >= 11 is 6.54. The zero-order chi connectivity index (χ0) is 33.0. The lowest BCUT2D eigenvalue weighted by Crippen LogP contribution is -2.49. The molecule has 13 heteroatoms. The molecule has 0 amide bonds. The van der Waals surface area contributed by atoms with Crippen molar-refractivity contribution in [3.8, 4) is 5.75 Å². The van der Waals surface area contributed by atoms with Gasteiger partial charge in [0.1, 0.15) is 30.3 Å². The number of aromatic nitrogens is 4. The molecule has 242 valence electrons. The standard InChI is InChI=1S/C34H32ClFN6O4S/c1-23(42(2)14-16-47(43,44)32-9-3-4-13-37-32)34(12-6-15-46-34)31-19-27-29(20-38-31)39-22-40-33(27)41-26-10-11-30(28(35)18-26)45-21-24-7-5-8-25(36)17-24/h3-11,13,15,17-20,22-23H,12,14,16,21H2,1-2H3,(H,39,40,41). The summed E-state index contributed by atoms with van der Waals surface area (Å²) in [6.45, 7) is 2.42. The molecule has 0 aliphatic carbocycles. The molecule has 47 heavy (non-hydrogen) atoms. The smallest absolute Gasteiger partial charge is 0.196 e. The van der Waals surface area contributed by atoms with Gasteiger partial charge in [-0.25, -0.2) is 27.8 Å². The van der Waals surface area contributed by atoms with Crippen molar-refractivity contribution in [3.05, 3.63) is 120 Å². The zero-order valence-corrected chi connectivity index (χ0v) is 27.2. The van der Waals surface area contributed by atoms with Crippen LogP contribution in [-0.2, 0) is 26.8 Å². The second kappa shape index (κ2) is 13.6. The number of pyridine rings is 2. The number of hydrogen-bond donors (Lipinski definition) is 1. The molecule has 2 aromatic carbocycles. The number of halogens is 2. The molecule has 0 radical (unpaired) electrons. The van der Waals surface area contributed by atoms with Crippen molar-refractivity contribution in [2.75, 3.05) is 24.7 Å². The first-order valence-corrected chi connectivity index (χ1v) is 16.9. The highest BCUT2D eigenvalue weighted by Gasteiger charge is 2.44. The quantitative estimate of drug-likeness (QED) is 0.158. The fourth-order valence-corrected chi connectivity index (χ4v) is 6.93. The van der Waals surface area contributed by atoms with Crippen LogP contribution in [0.2, 0.25) is 5.02 Å². The van der Waals surface area contributed by atoms with Crippen LogP contribution in [0.4, 0.5) is 15.9 Å². The molecular formula is C34H32ClFN6O4S. The highest BCUT2D eigenvalue weighted by Crippen LogP contribution is 2.40. The number of sulfone groups is 1. The molecule has 3 aromatic heterocycles. The van der Waals surface area contributed by atoms with E-state index in [1.54, 1.807) is 48.9 Å². The zero-order valence-electron chi connectivity index (χ0n) is 25.7. The van der Waals surface area contributed by atoms with Crippen molar-refractivity contribution < 1.29 is 22.3 Å². The summed E-state index contributed by atoms with van der Waals surface area (Å²) in [5.41, 5.74) is 1.75. The van der Waals surface area contributed by atoms with E-state index < -0.39 is 15.4 Å². The lowest BCUT2D eigenvalue weighted by atomic mass is 9.87. The molecule has 0 bridgehead atoms. The highest BCUT2D eigenvalue weighted by atomic mass is 35.5. The Morgan fingerprint density at radius 3 is 2.70 bits per heavy atom. The van der Waals surface area contributed by atoms with Gasteiger partial charge < -0.3 is 14.8 Å². The Labute approximate surface area is 277 Å². The number of hydrogen-bond acceptors (Lipinski definition) is 10. The number of nitrogens with zero attached hydrogens (tertiary/aromatic N) is 5. The van der Waals surface area contributed by atoms with Gasteiger partial charge >= 0.3 is 0 Å². The Balaban J connectivity index is 1.21. The van der Waals surface area contributed by atoms with Gasteiger partial charge in [0, 0.05) is 30.2 Å². The van der Waals surface area contributed by atoms with Crippen LogP contribution in [0.1, 0.15) is 24.6 Å². The largest absolute Gasteiger partial charge is 0.487 e. The molecule has 0 fully saturated rings. The van der Waals surface area contributed by atoms with Crippen molar-refractivity contribution in [3.63, 3.8) is 0 Å². The Morgan fingerprint density at radius 2 is 1.96 bits per heavy atom. The summed E-state index contributed by atoms with van der Waals surface area (Å²) in [7, 11) is -1.70. The molecule has 10 nitrogen and oxygen atoms in total. The molecule has 5 aromatic rings. The maximum Gasteiger partial charge on any atom is 0.196 e. The molecule has 4 heterocycles. The summed E-state index contributed by atoms with van der Waals surface area (Å²) in [5, 5.41) is 4.46. The van der Waals surface area contributed by atoms with Crippen LogP contribution in [0.5, 0.6) is 5.75 Å². The van der Waals surface area contributed by atoms with Crippen molar-refractivity contribution in [1.29, 1.82) is 0 Å². The molecule has 1 N–H and O–H groups in total. The molecule has 0 saturated heterocycles. The first-order chi connectivity index (χ1) is 22.6. The fourth-order valence-electron chi connectivity index (χ4n) is 5.45. The number of nitrogens with one attached hydrogen (secondary N) is 1. The van der Waals surface area contributed by atoms with E-state index in [4.69, 9.17) is 26.1 Å². The van der Waals surface area contributed by atoms with E-state index in [1.807, 2.05) is 37.1 Å². The molecule has 6 rings (SSSR count). The lowest BCUT2D eigenvalue weighted by Gasteiger charge is -2.39. The van der Waals surface area contributed by atoms with Gasteiger partial charge in [-0.05, 0) is 74.1 Å². The van der Waals surface area contributed by atoms with Gasteiger partial charge in [0.2, 0.25) is 0 Å². The number of fused-ring (bicyclic) bond motifs is 1. The lowest BCUT2D eigenvalue weighted by molar-refractivity contribution is -0.0340. The minimum atomic E-state index is -3.57. The summed E-state index contributed by atoms with van der Waals surface area (Å²) in [6, 6.07) is 17.9. The molecule has 1 aliphatic rings. The third kappa shape index (κ3) is 7.04. The first kappa shape index (κ1) is 32.3. The van der Waals surface area contributed by atoms with E-state index in [0.29, 0.717) is 50.9 Å². The Hall–Kier alpha value is -4.65. The third-order valence-corrected chi connectivity index (χ3v) is 10.1. The van der Waals surface area contributed by atoms with Crippen LogP contribution in [0.25, 0.3) is 10.9 Å². The summed E-state index contributed by atoms with van der Waals surface area (Å²) in [4.78, 5) is 19.6. The molecule has 0 spiro atoms. The van der Waals surface area contributed by atoms with Gasteiger partial charge in [0.25, 0.3) is 0 Å². The van der Waals surface area contributed by atoms with Crippen LogP contribution in [0.3, 0.4) is 0 Å². The van der Waals surface area contributed by atoms with E-state index >= 15 is 0 Å². The summed E-state index contributed by atoms with van der Waals surface area (Å²) in [6.07, 6.45) is 8.72. The van der Waals surface area contributed by atoms with Gasteiger partial charge in [-0.15, -0.1) is 0 Å². The number of rotatable bonds is 12. The predicted molar refractivity (Wildman–Crippen MR) is 178 cm³/mol. The average Bonchev–Trinajstić information content (AvgIpc) is 3.58. The van der Waals surface area contributed by atoms with Crippen molar-refractivity contribution in [1.82, 2.24) is 24.8 Å². The number of benzene rings is 2. The second-order valence-corrected chi connectivity index (χ2v) is 13.7. The fraction of sp³-hybridized carbons (Fsp3) is 0.235. The number of ether oxygens (including phenoxy) is 2. The maximum absolute atomic E-state index is 13.5. The normalized spacial score (nSPS) is 16.7. The summed E-state index contributed by atoms with van der Waals surface area (Å²) < 4.78 is 51.4. The van der Waals surface area contributed by atoms with Gasteiger partial charge in [0.05, 0.1) is 40.5 Å². The Morgan fingerprint density at radius 1 is 1.09 bits per heavy atom. The number of anilines is 2. The van der Waals surface area contributed by atoms with Crippen molar-refractivity contribution >= 4 is 43.8 Å². The van der Waals surface area contributed by atoms with Gasteiger partial charge in [-0.2, -0.15) is 0 Å². The van der Waals surface area contributed by atoms with E-state index in [-0.39, 0.29) is 35.8 Å². The Bertz CT molecular complexity index is 2020. The second-order valence-electron chi connectivity index (χ2n) is 11.2. The molecule has 1 aliphatic heterocycles. The molecule has 0 saturated carbocycles. The monoisotopic (exact) mass is 674 g/mol. The SMILES string of the molecule is CC(N(C)CCS(=O)(=O)c1ccccn1)C1(c2cc3c(Nc4ccc(OCc5cccc(F)c5)c(Cl)c4)ncnc3cn2)CC=CO1. The van der Waals surface area contributed by atoms with Crippen LogP contribution in [0, 0.1) is 5.82 Å². The minimum Gasteiger partial charge on any atom is -0.487 e. The third-order valence-electron chi connectivity index (χ3n) is 8.23. The van der Waals surface area contributed by atoms with Crippen molar-refractivity contribution in [2.45, 2.75) is 36.6 Å². The topological polar surface area (TPSA) is 119 Å². The van der Waals surface area contributed by atoms with Crippen LogP contribution >= 0.6 is 11.6 Å². The molecule has 2 unspecified atom stereocenters. The van der Waals surface area contributed by atoms with Crippen molar-refractivity contribution in [2.24, 2.45) is 0 Å². The first-order valence-electron chi connectivity index (χ1n) is 14.9. The Kier molecular flexibility index (Phi) is 9.35. The summed E-state index contributed by atoms with van der Waals surface area (Å²) in [5.74, 6) is 0.562. The number of likely N-dealkylation sites (N-methyl/N-ethyl adjacent to an activating group) is 1. The average molecular weight is 675 g/mol. The van der Waals surface area contributed by atoms with E-state index in [9.17, 15) is 12.8 Å². The van der Waals surface area contributed by atoms with Gasteiger partial charge in [-0.3, -0.25) is 9.88 Å². The molecular weight excluding hydrogens is 643 g/mol. The highest BCUT2D eigenvalue weighted by molar-refractivity contribution is 7.91. The molecule has 2 atom stereocenters. The predicted octanol–water partition coefficient (Wildman–Crippen LogP) is 6.46.